The van der Waals surface area contributed by atoms with Gasteiger partial charge in [-0.05, 0) is 136 Å². The predicted molar refractivity (Wildman–Crippen MR) is 289 cm³/mol. The molecule has 7 fully saturated rings. The molecule has 0 spiro atoms. The van der Waals surface area contributed by atoms with Crippen LogP contribution in [0, 0.1) is 35.5 Å². The molecule has 8 unspecified atom stereocenters. The maximum Gasteiger partial charge on any atom is 0.323 e. The van der Waals surface area contributed by atoms with Crippen LogP contribution in [0.4, 0.5) is 0 Å². The van der Waals surface area contributed by atoms with Crippen LogP contribution in [0.15, 0.2) is 154 Å². The molecule has 4 aromatic heterocycles. The number of para-hydroxylation sites is 3. The second-order valence-corrected chi connectivity index (χ2v) is 21.3. The SMILES string of the molecule is C=C[C@H](CC)C1CCNC(C(Oc2nc(O[C@H](c3ccnc4ccccc34)C3CC4CCN3C[C@@H]4C=C)cc(O[C@H](c3ccnc4ccccc34)[C@H]3CC4CCN3C[C@H]4C=C)n2)c2ccnc3ccccc23)C1. The summed E-state index contributed by atoms with van der Waals surface area (Å²) in [7, 11) is 0. The number of rotatable bonds is 17. The zero-order valence-electron chi connectivity index (χ0n) is 42.1. The van der Waals surface area contributed by atoms with Crippen molar-refractivity contribution in [3.8, 4) is 17.8 Å². The number of benzene rings is 3. The molecule has 73 heavy (non-hydrogen) atoms. The molecule has 3 aromatic carbocycles. The number of fused-ring (bicyclic) bond motifs is 9. The van der Waals surface area contributed by atoms with E-state index >= 15 is 0 Å². The van der Waals surface area contributed by atoms with Gasteiger partial charge in [0.1, 0.15) is 18.3 Å². The summed E-state index contributed by atoms with van der Waals surface area (Å²) in [5.41, 5.74) is 5.96. The molecule has 374 valence electrons. The van der Waals surface area contributed by atoms with Gasteiger partial charge in [-0.25, -0.2) is 0 Å². The molecule has 11 nitrogen and oxygen atoms in total. The zero-order valence-corrected chi connectivity index (χ0v) is 42.1. The summed E-state index contributed by atoms with van der Waals surface area (Å²) in [6.45, 7) is 19.8. The van der Waals surface area contributed by atoms with Crippen LogP contribution in [0.5, 0.6) is 17.8 Å². The van der Waals surface area contributed by atoms with Gasteiger partial charge in [0.25, 0.3) is 0 Å². The van der Waals surface area contributed by atoms with Gasteiger partial charge in [0.2, 0.25) is 11.8 Å². The third-order valence-corrected chi connectivity index (χ3v) is 17.6. The molecule has 7 aliphatic heterocycles. The van der Waals surface area contributed by atoms with E-state index in [1.54, 1.807) is 0 Å². The van der Waals surface area contributed by atoms with Crippen LogP contribution in [0.3, 0.4) is 0 Å². The first-order chi connectivity index (χ1) is 36.0. The lowest BCUT2D eigenvalue weighted by Gasteiger charge is -2.51. The Morgan fingerprint density at radius 3 is 1.52 bits per heavy atom. The molecule has 0 radical (unpaired) electrons. The van der Waals surface area contributed by atoms with Gasteiger partial charge in [-0.15, -0.1) is 19.7 Å². The largest absolute Gasteiger partial charge is 0.467 e. The number of nitrogens with one attached hydrogen (secondary N) is 1. The fourth-order valence-corrected chi connectivity index (χ4v) is 13.8. The lowest BCUT2D eigenvalue weighted by molar-refractivity contribution is -0.0397. The number of hydrogen-bond donors (Lipinski definition) is 1. The smallest absolute Gasteiger partial charge is 0.323 e. The Bertz CT molecular complexity index is 2970. The molecule has 1 N–H and O–H groups in total. The van der Waals surface area contributed by atoms with Gasteiger partial charge in [0, 0.05) is 70.6 Å². The summed E-state index contributed by atoms with van der Waals surface area (Å²) >= 11 is 0. The number of nitrogens with zero attached hydrogens (tertiary/aromatic N) is 7. The van der Waals surface area contributed by atoms with Crippen molar-refractivity contribution >= 4 is 32.7 Å². The molecule has 4 bridgehead atoms. The zero-order chi connectivity index (χ0) is 49.4. The third-order valence-electron chi connectivity index (χ3n) is 17.6. The van der Waals surface area contributed by atoms with Crippen LogP contribution in [0.1, 0.15) is 86.9 Å². The van der Waals surface area contributed by atoms with E-state index in [0.29, 0.717) is 47.3 Å². The van der Waals surface area contributed by atoms with Gasteiger partial charge in [-0.1, -0.05) is 79.7 Å². The number of aromatic nitrogens is 5. The maximum atomic E-state index is 7.54. The van der Waals surface area contributed by atoms with Crippen LogP contribution in [-0.4, -0.2) is 85.6 Å². The summed E-state index contributed by atoms with van der Waals surface area (Å²) in [5.74, 6) is 3.56. The van der Waals surface area contributed by atoms with E-state index in [-0.39, 0.29) is 24.1 Å². The second-order valence-electron chi connectivity index (χ2n) is 21.3. The van der Waals surface area contributed by atoms with Crippen LogP contribution < -0.4 is 19.5 Å². The first-order valence-corrected chi connectivity index (χ1v) is 27.0. The Balaban J connectivity index is 1.01. The van der Waals surface area contributed by atoms with Crippen LogP contribution in [-0.2, 0) is 0 Å². The second kappa shape index (κ2) is 20.8. The van der Waals surface area contributed by atoms with Gasteiger partial charge in [0.05, 0.1) is 34.7 Å². The average Bonchev–Trinajstić information content (AvgIpc) is 3.45. The molecular weight excluding hydrogens is 905 g/mol. The predicted octanol–water partition coefficient (Wildman–Crippen LogP) is 11.9. The quantitative estimate of drug-likeness (QED) is 0.0881. The minimum absolute atomic E-state index is 0.0604. The fraction of sp³-hybridized carbons (Fsp3) is 0.403. The van der Waals surface area contributed by atoms with Crippen molar-refractivity contribution < 1.29 is 14.2 Å². The molecule has 14 atom stereocenters. The first kappa shape index (κ1) is 47.5. The summed E-state index contributed by atoms with van der Waals surface area (Å²) in [6, 6.07) is 33.7. The van der Waals surface area contributed by atoms with E-state index in [1.165, 1.54) is 0 Å². The molecule has 0 saturated carbocycles. The molecule has 11 heteroatoms. The number of pyridine rings is 3. The van der Waals surface area contributed by atoms with E-state index < -0.39 is 18.3 Å². The first-order valence-electron chi connectivity index (χ1n) is 27.0. The van der Waals surface area contributed by atoms with Crippen LogP contribution in [0.2, 0.25) is 0 Å². The van der Waals surface area contributed by atoms with Crippen molar-refractivity contribution in [3.63, 3.8) is 0 Å². The maximum absolute atomic E-state index is 7.54. The van der Waals surface area contributed by atoms with E-state index in [1.807, 2.05) is 42.9 Å². The van der Waals surface area contributed by atoms with E-state index in [2.05, 4.69) is 133 Å². The molecule has 0 aliphatic carbocycles. The van der Waals surface area contributed by atoms with Crippen LogP contribution in [0.25, 0.3) is 32.7 Å². The lowest BCUT2D eigenvalue weighted by Crippen LogP contribution is -2.55. The minimum atomic E-state index is -0.479. The fourth-order valence-electron chi connectivity index (χ4n) is 13.8. The van der Waals surface area contributed by atoms with Gasteiger partial charge < -0.3 is 19.5 Å². The molecular formula is C62H68N8O3. The van der Waals surface area contributed by atoms with Crippen molar-refractivity contribution in [2.75, 3.05) is 32.7 Å². The Kier molecular flexibility index (Phi) is 13.5. The number of piperidine rings is 7. The van der Waals surface area contributed by atoms with Crippen molar-refractivity contribution in [1.82, 2.24) is 40.0 Å². The Morgan fingerprint density at radius 1 is 0.603 bits per heavy atom. The summed E-state index contributed by atoms with van der Waals surface area (Å²) in [6.07, 6.45) is 18.2. The number of hydrogen-bond acceptors (Lipinski definition) is 11. The Hall–Kier alpha value is -6.53. The highest BCUT2D eigenvalue weighted by Crippen LogP contribution is 2.47. The van der Waals surface area contributed by atoms with Gasteiger partial charge >= 0.3 is 6.01 Å². The normalized spacial score (nSPS) is 28.2. The third kappa shape index (κ3) is 9.29. The number of ether oxygens (including phenoxy) is 3. The van der Waals surface area contributed by atoms with Crippen molar-refractivity contribution in [2.24, 2.45) is 35.5 Å². The van der Waals surface area contributed by atoms with Gasteiger partial charge in [-0.3, -0.25) is 24.8 Å². The van der Waals surface area contributed by atoms with Gasteiger partial charge in [-0.2, -0.15) is 9.97 Å². The monoisotopic (exact) mass is 973 g/mol. The molecule has 0 amide bonds. The van der Waals surface area contributed by atoms with E-state index in [0.717, 1.165) is 127 Å². The van der Waals surface area contributed by atoms with Crippen molar-refractivity contribution in [3.05, 3.63) is 170 Å². The Labute approximate surface area is 429 Å². The number of allylic oxidation sites excluding steroid dienone is 1. The molecule has 7 saturated heterocycles. The van der Waals surface area contributed by atoms with E-state index in [4.69, 9.17) is 39.1 Å². The van der Waals surface area contributed by atoms with Crippen molar-refractivity contribution in [2.45, 2.75) is 88.3 Å². The topological polar surface area (TPSA) is 111 Å². The minimum Gasteiger partial charge on any atom is -0.467 e. The highest BCUT2D eigenvalue weighted by atomic mass is 16.5. The highest BCUT2D eigenvalue weighted by Gasteiger charge is 2.46. The molecule has 7 aromatic rings. The van der Waals surface area contributed by atoms with Crippen LogP contribution >= 0.6 is 0 Å². The van der Waals surface area contributed by atoms with Crippen molar-refractivity contribution in [1.29, 1.82) is 0 Å². The Morgan fingerprint density at radius 2 is 1.08 bits per heavy atom. The molecule has 7 aliphatic rings. The summed E-state index contributed by atoms with van der Waals surface area (Å²) in [4.78, 5) is 30.3. The average molecular weight is 973 g/mol. The van der Waals surface area contributed by atoms with Gasteiger partial charge in [0.15, 0.2) is 0 Å². The lowest BCUT2D eigenvalue weighted by atomic mass is 9.73. The standard InChI is InChI=1S/C62H68N8O3/c1-5-39(6-2)42-21-27-66-54(33-42)59(48-22-28-63-51-18-12-9-15-45(48)51)73-62-67-57(71-60(49-23-29-64-52-19-13-10-16-46(49)52)55-34-43-25-31-69(55)37-40(43)7-3)36-58(68-62)72-61(50-24-30-65-53-20-14-11-17-47(50)53)56-35-44-26-32-70(56)38-41(44)8-4/h5,7-20,22-24,28-30,36,39-44,54-56,59-61,66H,1,3-4,6,21,25-27,31-35,37-38H2,2H3/t39-,40-,41+,42?,43?,44?,54?,55-,56?,59?,60-,61-/m1/s1. The van der Waals surface area contributed by atoms with E-state index in [9.17, 15) is 0 Å². The summed E-state index contributed by atoms with van der Waals surface area (Å²) in [5, 5.41) is 7.07. The molecule has 14 rings (SSSR count). The molecule has 11 heterocycles. The highest BCUT2D eigenvalue weighted by molar-refractivity contribution is 5.84. The summed E-state index contributed by atoms with van der Waals surface area (Å²) < 4.78 is 22.5.